The van der Waals surface area contributed by atoms with Crippen LogP contribution in [0.4, 0.5) is 10.6 Å². The Morgan fingerprint density at radius 1 is 1.32 bits per heavy atom. The van der Waals surface area contributed by atoms with Gasteiger partial charge in [0.2, 0.25) is 11.8 Å². The van der Waals surface area contributed by atoms with E-state index in [1.165, 1.54) is 0 Å². The Balaban J connectivity index is 1.42. The number of cyclic esters (lactones) is 1. The summed E-state index contributed by atoms with van der Waals surface area (Å²) < 4.78 is 18.6. The number of pyridine rings is 2. The smallest absolute Gasteiger partial charge is 0.407 e. The summed E-state index contributed by atoms with van der Waals surface area (Å²) in [4.78, 5) is 33.6. The average Bonchev–Trinajstić information content (AvgIpc) is 3.36. The minimum absolute atomic E-state index is 0.0483. The normalized spacial score (nSPS) is 18.3. The van der Waals surface area contributed by atoms with Crippen molar-refractivity contribution in [1.82, 2.24) is 25.1 Å². The van der Waals surface area contributed by atoms with Gasteiger partial charge in [0.25, 0.3) is 5.91 Å². The second-order valence-corrected chi connectivity index (χ2v) is 8.83. The van der Waals surface area contributed by atoms with Crippen molar-refractivity contribution in [2.45, 2.75) is 32.0 Å². The van der Waals surface area contributed by atoms with Crippen molar-refractivity contribution >= 4 is 17.8 Å². The lowest BCUT2D eigenvalue weighted by Gasteiger charge is -2.24. The summed E-state index contributed by atoms with van der Waals surface area (Å²) in [6, 6.07) is 7.08. The molecule has 0 aromatic carbocycles. The number of ether oxygens (including phenoxy) is 3. The minimum Gasteiger partial charge on any atom is -0.471 e. The van der Waals surface area contributed by atoms with E-state index >= 15 is 0 Å². The van der Waals surface area contributed by atoms with Crippen LogP contribution in [0.3, 0.4) is 0 Å². The van der Waals surface area contributed by atoms with Crippen LogP contribution < -0.4 is 20.1 Å². The molecule has 0 saturated carbocycles. The first-order valence-electron chi connectivity index (χ1n) is 10.8. The number of aryl methyl sites for hydroxylation is 1. The van der Waals surface area contributed by atoms with Crippen molar-refractivity contribution in [2.24, 2.45) is 7.05 Å². The zero-order valence-electron chi connectivity index (χ0n) is 19.0. The molecule has 2 aliphatic rings. The van der Waals surface area contributed by atoms with E-state index in [-0.39, 0.29) is 24.6 Å². The molecular formula is C23H24N6O5. The third-order valence-electron chi connectivity index (χ3n) is 5.40. The highest BCUT2D eigenvalue weighted by Crippen LogP contribution is 2.37. The average molecular weight is 464 g/mol. The highest BCUT2D eigenvalue weighted by atomic mass is 16.6. The zero-order chi connectivity index (χ0) is 23.9. The zero-order valence-corrected chi connectivity index (χ0v) is 19.0. The number of rotatable bonds is 5. The minimum atomic E-state index is -0.510. The third-order valence-corrected chi connectivity index (χ3v) is 5.40. The summed E-state index contributed by atoms with van der Waals surface area (Å²) in [6.07, 6.45) is 3.14. The molecule has 5 rings (SSSR count). The molecule has 0 aliphatic carbocycles. The van der Waals surface area contributed by atoms with Gasteiger partial charge in [-0.05, 0) is 32.0 Å². The second-order valence-electron chi connectivity index (χ2n) is 8.83. The Kier molecular flexibility index (Phi) is 5.31. The van der Waals surface area contributed by atoms with Gasteiger partial charge in [0, 0.05) is 30.8 Å². The largest absolute Gasteiger partial charge is 0.471 e. The molecule has 176 valence electrons. The number of nitrogens with zero attached hydrogens (tertiary/aromatic N) is 4. The second kappa shape index (κ2) is 8.32. The molecular weight excluding hydrogens is 440 g/mol. The predicted molar refractivity (Wildman–Crippen MR) is 121 cm³/mol. The van der Waals surface area contributed by atoms with Gasteiger partial charge in [0.15, 0.2) is 6.10 Å². The van der Waals surface area contributed by atoms with Crippen LogP contribution in [-0.2, 0) is 18.2 Å². The molecule has 2 aliphatic heterocycles. The summed E-state index contributed by atoms with van der Waals surface area (Å²) in [5, 5.41) is 9.56. The van der Waals surface area contributed by atoms with Crippen LogP contribution in [-0.4, -0.2) is 56.6 Å². The molecule has 2 amide bonds. The summed E-state index contributed by atoms with van der Waals surface area (Å²) >= 11 is 0. The Labute approximate surface area is 195 Å². The van der Waals surface area contributed by atoms with E-state index in [1.54, 1.807) is 23.0 Å². The molecule has 1 unspecified atom stereocenters. The van der Waals surface area contributed by atoms with Gasteiger partial charge in [0.05, 0.1) is 18.4 Å². The maximum absolute atomic E-state index is 13.3. The van der Waals surface area contributed by atoms with Crippen LogP contribution >= 0.6 is 0 Å². The van der Waals surface area contributed by atoms with E-state index in [9.17, 15) is 9.59 Å². The topological polar surface area (TPSA) is 129 Å². The van der Waals surface area contributed by atoms with E-state index in [1.807, 2.05) is 39.2 Å². The summed E-state index contributed by atoms with van der Waals surface area (Å²) in [7, 11) is 1.82. The first-order chi connectivity index (χ1) is 16.3. The molecule has 3 aromatic heterocycles. The number of carbonyl (C=O) groups is 2. The van der Waals surface area contributed by atoms with Gasteiger partial charge < -0.3 is 24.8 Å². The van der Waals surface area contributed by atoms with E-state index in [0.29, 0.717) is 23.8 Å². The fourth-order valence-electron chi connectivity index (χ4n) is 3.86. The van der Waals surface area contributed by atoms with E-state index in [0.717, 1.165) is 11.1 Å². The van der Waals surface area contributed by atoms with Gasteiger partial charge in [-0.2, -0.15) is 10.1 Å². The molecule has 3 aromatic rings. The van der Waals surface area contributed by atoms with Gasteiger partial charge in [0.1, 0.15) is 23.6 Å². The maximum Gasteiger partial charge on any atom is 0.407 e. The van der Waals surface area contributed by atoms with E-state index < -0.39 is 23.7 Å². The molecule has 0 bridgehead atoms. The maximum atomic E-state index is 13.3. The molecule has 11 nitrogen and oxygen atoms in total. The predicted octanol–water partition coefficient (Wildman–Crippen LogP) is 2.33. The van der Waals surface area contributed by atoms with E-state index in [4.69, 9.17) is 14.2 Å². The number of hydrogen-bond acceptors (Lipinski definition) is 8. The fourth-order valence-corrected chi connectivity index (χ4v) is 3.86. The first-order valence-corrected chi connectivity index (χ1v) is 10.8. The van der Waals surface area contributed by atoms with Crippen LogP contribution in [0.25, 0.3) is 11.3 Å². The number of amides is 2. The Bertz CT molecular complexity index is 1260. The molecule has 1 fully saturated rings. The first kappa shape index (κ1) is 21.7. The summed E-state index contributed by atoms with van der Waals surface area (Å²) in [5.74, 6) is 0.477. The van der Waals surface area contributed by atoms with Crippen molar-refractivity contribution in [3.05, 3.63) is 47.8 Å². The molecule has 11 heteroatoms. The lowest BCUT2D eigenvalue weighted by molar-refractivity contribution is 0.0524. The molecule has 2 N–H and O–H groups in total. The Hall–Kier alpha value is -4.15. The monoisotopic (exact) mass is 464 g/mol. The number of aromatic nitrogens is 4. The molecule has 5 heterocycles. The quantitative estimate of drug-likeness (QED) is 0.589. The number of anilines is 1. The van der Waals surface area contributed by atoms with Gasteiger partial charge in [-0.1, -0.05) is 6.07 Å². The van der Waals surface area contributed by atoms with E-state index in [2.05, 4.69) is 25.7 Å². The number of hydrogen-bond donors (Lipinski definition) is 2. The molecule has 0 radical (unpaired) electrons. The molecule has 0 spiro atoms. The van der Waals surface area contributed by atoms with Crippen molar-refractivity contribution in [1.29, 1.82) is 0 Å². The van der Waals surface area contributed by atoms with Crippen LogP contribution in [0.15, 0.2) is 36.7 Å². The van der Waals surface area contributed by atoms with Crippen LogP contribution in [0.1, 0.15) is 29.8 Å². The standard InChI is InChI=1S/C23H24N6O5/c1-23(2)8-13-7-16(21(28-20(13)34-23)33-15-10-24-22(31)32-12-15)19(30)27-18-6-4-5-17(26-18)14-9-25-29(3)11-14/h4-7,9,11,15H,8,10,12H2,1-3H3,(H,24,31)(H,26,27,30). The van der Waals surface area contributed by atoms with Crippen molar-refractivity contribution in [3.63, 3.8) is 0 Å². The van der Waals surface area contributed by atoms with Crippen LogP contribution in [0.2, 0.25) is 0 Å². The Morgan fingerprint density at radius 3 is 2.91 bits per heavy atom. The highest BCUT2D eigenvalue weighted by Gasteiger charge is 2.34. The van der Waals surface area contributed by atoms with Gasteiger partial charge >= 0.3 is 6.09 Å². The molecule has 1 atom stereocenters. The molecule has 34 heavy (non-hydrogen) atoms. The van der Waals surface area contributed by atoms with Crippen LogP contribution in [0, 0.1) is 0 Å². The number of carbonyl (C=O) groups excluding carboxylic acids is 2. The van der Waals surface area contributed by atoms with Gasteiger partial charge in [-0.15, -0.1) is 0 Å². The fraction of sp³-hybridized carbons (Fsp3) is 0.348. The summed E-state index contributed by atoms with van der Waals surface area (Å²) in [5.41, 5.74) is 2.13. The number of fused-ring (bicyclic) bond motifs is 1. The van der Waals surface area contributed by atoms with Crippen LogP contribution in [0.5, 0.6) is 11.8 Å². The lowest BCUT2D eigenvalue weighted by atomic mass is 10.0. The summed E-state index contributed by atoms with van der Waals surface area (Å²) in [6.45, 7) is 4.19. The Morgan fingerprint density at radius 2 is 2.18 bits per heavy atom. The molecule has 1 saturated heterocycles. The van der Waals surface area contributed by atoms with Crippen molar-refractivity contribution in [3.8, 4) is 23.0 Å². The van der Waals surface area contributed by atoms with Crippen molar-refractivity contribution in [2.75, 3.05) is 18.5 Å². The number of alkyl carbamates (subject to hydrolysis) is 1. The van der Waals surface area contributed by atoms with Gasteiger partial charge in [-0.25, -0.2) is 9.78 Å². The SMILES string of the molecule is Cn1cc(-c2cccc(NC(=O)c3cc4c(nc3OC3CNC(=O)OC3)OC(C)(C)C4)n2)cn1. The lowest BCUT2D eigenvalue weighted by Crippen LogP contribution is -2.45. The highest BCUT2D eigenvalue weighted by molar-refractivity contribution is 6.05. The third kappa shape index (κ3) is 4.49. The van der Waals surface area contributed by atoms with Crippen molar-refractivity contribution < 1.29 is 23.8 Å². The number of nitrogens with one attached hydrogen (secondary N) is 2. The van der Waals surface area contributed by atoms with Gasteiger partial charge in [-0.3, -0.25) is 9.48 Å².